The van der Waals surface area contributed by atoms with Crippen LogP contribution < -0.4 is 5.32 Å². The van der Waals surface area contributed by atoms with Gasteiger partial charge in [0, 0.05) is 51.5 Å². The number of likely N-dealkylation sites (N-methyl/N-ethyl adjacent to an activating group) is 1. The van der Waals surface area contributed by atoms with Crippen LogP contribution in [0.1, 0.15) is 36.6 Å². The van der Waals surface area contributed by atoms with Gasteiger partial charge in [0.25, 0.3) is 0 Å². The number of hydrogen-bond acceptors (Lipinski definition) is 5. The molecule has 0 spiro atoms. The van der Waals surface area contributed by atoms with Gasteiger partial charge in [-0.15, -0.1) is 0 Å². The molecule has 186 valence electrons. The summed E-state index contributed by atoms with van der Waals surface area (Å²) in [6, 6.07) is 17.7. The number of benzene rings is 2. The fraction of sp³-hybridized carbons (Fsp3) is 0.429. The van der Waals surface area contributed by atoms with Crippen LogP contribution in [0.25, 0.3) is 0 Å². The number of nitrogens with zero attached hydrogens (tertiary/aromatic N) is 3. The van der Waals surface area contributed by atoms with Gasteiger partial charge in [0.2, 0.25) is 0 Å². The fourth-order valence-electron chi connectivity index (χ4n) is 4.96. The number of piperazine rings is 1. The lowest BCUT2D eigenvalue weighted by atomic mass is 9.91. The molecule has 7 heteroatoms. The van der Waals surface area contributed by atoms with Crippen LogP contribution in [0.2, 0.25) is 0 Å². The van der Waals surface area contributed by atoms with Crippen molar-refractivity contribution in [1.82, 2.24) is 20.0 Å². The van der Waals surface area contributed by atoms with Gasteiger partial charge in [-0.2, -0.15) is 0 Å². The van der Waals surface area contributed by atoms with Crippen LogP contribution in [0.3, 0.4) is 0 Å². The average Bonchev–Trinajstić information content (AvgIpc) is 2.86. The van der Waals surface area contributed by atoms with Gasteiger partial charge in [0.1, 0.15) is 0 Å². The Balaban J connectivity index is 1.59. The zero-order valence-electron chi connectivity index (χ0n) is 21.0. The number of nitrogens with one attached hydrogen (secondary N) is 1. The molecule has 2 heterocycles. The molecule has 0 bridgehead atoms. The molecule has 1 fully saturated rings. The third-order valence-corrected chi connectivity index (χ3v) is 6.84. The van der Waals surface area contributed by atoms with E-state index in [0.717, 1.165) is 49.5 Å². The van der Waals surface area contributed by atoms with Crippen molar-refractivity contribution >= 4 is 12.0 Å². The molecule has 1 atom stereocenters. The SMILES string of the molecule is CCOC(=O)C1=C(CN2CCN(Cc3ccccc3)CC2)N(CC)C(=O)NC1c1ccccc1C. The summed E-state index contributed by atoms with van der Waals surface area (Å²) in [5.41, 5.74) is 4.55. The van der Waals surface area contributed by atoms with E-state index in [9.17, 15) is 9.59 Å². The van der Waals surface area contributed by atoms with Crippen LogP contribution in [0, 0.1) is 6.92 Å². The number of ether oxygens (including phenoxy) is 1. The van der Waals surface area contributed by atoms with Crippen LogP contribution in [0.15, 0.2) is 65.9 Å². The zero-order chi connectivity index (χ0) is 24.8. The second kappa shape index (κ2) is 11.5. The molecule has 0 aromatic heterocycles. The van der Waals surface area contributed by atoms with E-state index in [-0.39, 0.29) is 18.6 Å². The van der Waals surface area contributed by atoms with E-state index in [4.69, 9.17) is 4.74 Å². The van der Waals surface area contributed by atoms with E-state index in [1.165, 1.54) is 5.56 Å². The summed E-state index contributed by atoms with van der Waals surface area (Å²) in [7, 11) is 0. The first-order chi connectivity index (χ1) is 17.0. The summed E-state index contributed by atoms with van der Waals surface area (Å²) in [5.74, 6) is -0.364. The van der Waals surface area contributed by atoms with Crippen molar-refractivity contribution in [3.05, 3.63) is 82.6 Å². The molecule has 2 aliphatic rings. The molecule has 4 rings (SSSR count). The first kappa shape index (κ1) is 24.9. The topological polar surface area (TPSA) is 65.1 Å². The number of hydrogen-bond donors (Lipinski definition) is 1. The number of esters is 1. The molecule has 2 amide bonds. The molecular formula is C28H36N4O3. The summed E-state index contributed by atoms with van der Waals surface area (Å²) in [6.07, 6.45) is 0. The number of amides is 2. The largest absolute Gasteiger partial charge is 0.463 e. The Hall–Kier alpha value is -3.16. The second-order valence-corrected chi connectivity index (χ2v) is 9.10. The maximum Gasteiger partial charge on any atom is 0.338 e. The maximum atomic E-state index is 13.3. The standard InChI is InChI=1S/C28H36N4O3/c1-4-32-24(20-31-17-15-30(16-18-31)19-22-12-7-6-8-13-22)25(27(33)35-5-2)26(29-28(32)34)23-14-10-9-11-21(23)3/h6-14,26H,4-5,15-20H2,1-3H3,(H,29,34). The van der Waals surface area contributed by atoms with Crippen molar-refractivity contribution in [2.45, 2.75) is 33.4 Å². The van der Waals surface area contributed by atoms with Crippen molar-refractivity contribution in [2.75, 3.05) is 45.9 Å². The predicted octanol–water partition coefficient (Wildman–Crippen LogP) is 3.72. The predicted molar refractivity (Wildman–Crippen MR) is 137 cm³/mol. The Kier molecular flexibility index (Phi) is 8.21. The molecule has 2 aliphatic heterocycles. The zero-order valence-corrected chi connectivity index (χ0v) is 21.0. The van der Waals surface area contributed by atoms with Gasteiger partial charge in [-0.05, 0) is 37.5 Å². The van der Waals surface area contributed by atoms with Crippen LogP contribution in [0.5, 0.6) is 0 Å². The van der Waals surface area contributed by atoms with Crippen molar-refractivity contribution < 1.29 is 14.3 Å². The molecule has 0 saturated carbocycles. The number of carbonyl (C=O) groups is 2. The average molecular weight is 477 g/mol. The molecule has 0 aliphatic carbocycles. The second-order valence-electron chi connectivity index (χ2n) is 9.10. The number of aryl methyl sites for hydroxylation is 1. The lowest BCUT2D eigenvalue weighted by Crippen LogP contribution is -2.53. The van der Waals surface area contributed by atoms with Crippen molar-refractivity contribution in [3.63, 3.8) is 0 Å². The first-order valence-electron chi connectivity index (χ1n) is 12.5. The molecule has 2 aromatic carbocycles. The highest BCUT2D eigenvalue weighted by Gasteiger charge is 2.38. The quantitative estimate of drug-likeness (QED) is 0.589. The third kappa shape index (κ3) is 5.74. The van der Waals surface area contributed by atoms with Gasteiger partial charge in [0.15, 0.2) is 0 Å². The summed E-state index contributed by atoms with van der Waals surface area (Å²) in [6.45, 7) is 11.6. The minimum Gasteiger partial charge on any atom is -0.463 e. The molecule has 0 radical (unpaired) electrons. The van der Waals surface area contributed by atoms with Crippen molar-refractivity contribution in [1.29, 1.82) is 0 Å². The van der Waals surface area contributed by atoms with Crippen LogP contribution in [0.4, 0.5) is 4.79 Å². The minimum absolute atomic E-state index is 0.175. The maximum absolute atomic E-state index is 13.3. The summed E-state index contributed by atoms with van der Waals surface area (Å²) >= 11 is 0. The van der Waals surface area contributed by atoms with E-state index in [2.05, 4.69) is 39.4 Å². The molecule has 35 heavy (non-hydrogen) atoms. The summed E-state index contributed by atoms with van der Waals surface area (Å²) < 4.78 is 5.50. The van der Waals surface area contributed by atoms with Crippen LogP contribution in [-0.4, -0.2) is 72.6 Å². The van der Waals surface area contributed by atoms with E-state index >= 15 is 0 Å². The molecule has 1 saturated heterocycles. The Labute approximate surface area is 208 Å². The monoisotopic (exact) mass is 476 g/mol. The Morgan fingerprint density at radius 1 is 0.943 bits per heavy atom. The van der Waals surface area contributed by atoms with E-state index in [1.54, 1.807) is 4.90 Å². The molecule has 1 unspecified atom stereocenters. The normalized spacial score (nSPS) is 19.6. The number of rotatable bonds is 8. The highest BCUT2D eigenvalue weighted by molar-refractivity contribution is 5.95. The van der Waals surface area contributed by atoms with Gasteiger partial charge in [-0.25, -0.2) is 9.59 Å². The van der Waals surface area contributed by atoms with Gasteiger partial charge < -0.3 is 10.1 Å². The van der Waals surface area contributed by atoms with Crippen molar-refractivity contribution in [2.24, 2.45) is 0 Å². The lowest BCUT2D eigenvalue weighted by Gasteiger charge is -2.40. The highest BCUT2D eigenvalue weighted by atomic mass is 16.5. The van der Waals surface area contributed by atoms with Gasteiger partial charge >= 0.3 is 12.0 Å². The van der Waals surface area contributed by atoms with Gasteiger partial charge in [-0.3, -0.25) is 14.7 Å². The molecule has 2 aromatic rings. The Bertz CT molecular complexity index is 1060. The summed E-state index contributed by atoms with van der Waals surface area (Å²) in [4.78, 5) is 32.9. The van der Waals surface area contributed by atoms with Gasteiger partial charge in [0.05, 0.1) is 18.2 Å². The van der Waals surface area contributed by atoms with E-state index in [0.29, 0.717) is 18.7 Å². The van der Waals surface area contributed by atoms with E-state index in [1.807, 2.05) is 51.1 Å². The highest BCUT2D eigenvalue weighted by Crippen LogP contribution is 2.33. The van der Waals surface area contributed by atoms with Crippen LogP contribution in [-0.2, 0) is 16.1 Å². The Morgan fingerprint density at radius 2 is 1.57 bits per heavy atom. The molecule has 7 nitrogen and oxygen atoms in total. The van der Waals surface area contributed by atoms with E-state index < -0.39 is 6.04 Å². The lowest BCUT2D eigenvalue weighted by molar-refractivity contribution is -0.139. The van der Waals surface area contributed by atoms with Crippen LogP contribution >= 0.6 is 0 Å². The third-order valence-electron chi connectivity index (χ3n) is 6.84. The molecular weight excluding hydrogens is 440 g/mol. The smallest absolute Gasteiger partial charge is 0.338 e. The fourth-order valence-corrected chi connectivity index (χ4v) is 4.96. The van der Waals surface area contributed by atoms with Gasteiger partial charge in [-0.1, -0.05) is 54.6 Å². The number of urea groups is 1. The Morgan fingerprint density at radius 3 is 2.20 bits per heavy atom. The number of carbonyl (C=O) groups excluding carboxylic acids is 2. The first-order valence-corrected chi connectivity index (χ1v) is 12.5. The molecule has 1 N–H and O–H groups in total. The van der Waals surface area contributed by atoms with Crippen molar-refractivity contribution in [3.8, 4) is 0 Å². The summed E-state index contributed by atoms with van der Waals surface area (Å²) in [5, 5.41) is 3.07. The minimum atomic E-state index is -0.528.